The fourth-order valence-electron chi connectivity index (χ4n) is 1.58. The molecule has 0 atom stereocenters. The normalized spacial score (nSPS) is 10.2. The van der Waals surface area contributed by atoms with Gasteiger partial charge in [0.2, 0.25) is 0 Å². The average Bonchev–Trinajstić information content (AvgIpc) is 2.41. The lowest BCUT2D eigenvalue weighted by molar-refractivity contribution is 0.152. The Morgan fingerprint density at radius 2 is 1.94 bits per heavy atom. The van der Waals surface area contributed by atoms with Crippen LogP contribution in [0.3, 0.4) is 0 Å². The van der Waals surface area contributed by atoms with Crippen molar-refractivity contribution < 1.29 is 14.6 Å². The Bertz CT molecular complexity index is 362. The second-order valence-corrected chi connectivity index (χ2v) is 4.04. The molecular formula is C14H21NO3. The maximum Gasteiger partial charge on any atom is 0.414 e. The number of nitrogens with zero attached hydrogens (tertiary/aromatic N) is 1. The fourth-order valence-corrected chi connectivity index (χ4v) is 1.58. The van der Waals surface area contributed by atoms with Crippen LogP contribution in [-0.4, -0.2) is 24.4 Å². The summed E-state index contributed by atoms with van der Waals surface area (Å²) in [5, 5.41) is 8.97. The minimum absolute atomic E-state index is 0.00729. The number of unbranched alkanes of at least 4 members (excludes halogenated alkanes) is 1. The predicted octanol–water partition coefficient (Wildman–Crippen LogP) is 2.94. The lowest BCUT2D eigenvalue weighted by Gasteiger charge is -2.20. The summed E-state index contributed by atoms with van der Waals surface area (Å²) in [7, 11) is 0. The number of aliphatic hydroxyl groups is 1. The number of hydrogen-bond acceptors (Lipinski definition) is 3. The first-order valence-electron chi connectivity index (χ1n) is 6.37. The molecule has 0 unspecified atom stereocenters. The lowest BCUT2D eigenvalue weighted by Crippen LogP contribution is -2.31. The van der Waals surface area contributed by atoms with Crippen LogP contribution in [0, 0.1) is 0 Å². The minimum Gasteiger partial charge on any atom is -0.449 e. The number of carbonyl (C=O) groups excluding carboxylic acids is 1. The zero-order valence-corrected chi connectivity index (χ0v) is 11.1. The van der Waals surface area contributed by atoms with Crippen LogP contribution >= 0.6 is 0 Å². The Labute approximate surface area is 108 Å². The number of hydrogen-bond donors (Lipinski definition) is 1. The van der Waals surface area contributed by atoms with Crippen molar-refractivity contribution in [3.05, 3.63) is 29.8 Å². The highest BCUT2D eigenvalue weighted by molar-refractivity contribution is 5.87. The molecule has 0 aliphatic rings. The number of amides is 1. The molecule has 1 N–H and O–H groups in total. The SMILES string of the molecule is CCCCOC(=O)N(CC)c1ccc(CO)cc1. The van der Waals surface area contributed by atoms with Gasteiger partial charge in [-0.25, -0.2) is 4.79 Å². The summed E-state index contributed by atoms with van der Waals surface area (Å²) in [6, 6.07) is 7.24. The first-order chi connectivity index (χ1) is 8.72. The first kappa shape index (κ1) is 14.5. The van der Waals surface area contributed by atoms with Gasteiger partial charge in [-0.1, -0.05) is 25.5 Å². The minimum atomic E-state index is -0.317. The maximum absolute atomic E-state index is 11.9. The van der Waals surface area contributed by atoms with Crippen molar-refractivity contribution in [2.75, 3.05) is 18.1 Å². The number of anilines is 1. The van der Waals surface area contributed by atoms with Crippen LogP contribution in [-0.2, 0) is 11.3 Å². The Hall–Kier alpha value is -1.55. The van der Waals surface area contributed by atoms with E-state index in [1.54, 1.807) is 17.0 Å². The van der Waals surface area contributed by atoms with Crippen LogP contribution in [0.2, 0.25) is 0 Å². The molecule has 1 amide bonds. The summed E-state index contributed by atoms with van der Waals surface area (Å²) in [6.45, 7) is 4.98. The molecule has 4 heteroatoms. The third kappa shape index (κ3) is 4.04. The molecule has 0 aromatic heterocycles. The van der Waals surface area contributed by atoms with Crippen molar-refractivity contribution in [3.8, 4) is 0 Å². The smallest absolute Gasteiger partial charge is 0.414 e. The van der Waals surface area contributed by atoms with Crippen molar-refractivity contribution in [1.82, 2.24) is 0 Å². The van der Waals surface area contributed by atoms with Crippen molar-refractivity contribution >= 4 is 11.8 Å². The maximum atomic E-state index is 11.9. The van der Waals surface area contributed by atoms with Gasteiger partial charge < -0.3 is 9.84 Å². The molecule has 0 saturated heterocycles. The van der Waals surface area contributed by atoms with Gasteiger partial charge in [-0.05, 0) is 31.0 Å². The van der Waals surface area contributed by atoms with Crippen molar-refractivity contribution in [3.63, 3.8) is 0 Å². The van der Waals surface area contributed by atoms with Gasteiger partial charge in [0.25, 0.3) is 0 Å². The Balaban J connectivity index is 2.66. The fraction of sp³-hybridized carbons (Fsp3) is 0.500. The third-order valence-electron chi connectivity index (χ3n) is 2.69. The second kappa shape index (κ2) is 7.71. The number of carbonyl (C=O) groups is 1. The zero-order valence-electron chi connectivity index (χ0n) is 11.1. The van der Waals surface area contributed by atoms with Crippen LogP contribution in [0.25, 0.3) is 0 Å². The Morgan fingerprint density at radius 3 is 2.44 bits per heavy atom. The number of benzene rings is 1. The van der Waals surface area contributed by atoms with E-state index in [9.17, 15) is 4.79 Å². The summed E-state index contributed by atoms with van der Waals surface area (Å²) >= 11 is 0. The summed E-state index contributed by atoms with van der Waals surface area (Å²) in [6.07, 6.45) is 1.57. The van der Waals surface area contributed by atoms with E-state index in [4.69, 9.17) is 9.84 Å². The van der Waals surface area contributed by atoms with Crippen LogP contribution in [0.1, 0.15) is 32.3 Å². The standard InChI is InChI=1S/C14H21NO3/c1-3-5-10-18-14(17)15(4-2)13-8-6-12(11-16)7-9-13/h6-9,16H,3-5,10-11H2,1-2H3. The van der Waals surface area contributed by atoms with E-state index in [2.05, 4.69) is 6.92 Å². The van der Waals surface area contributed by atoms with Crippen molar-refractivity contribution in [2.45, 2.75) is 33.3 Å². The number of rotatable bonds is 6. The van der Waals surface area contributed by atoms with Gasteiger partial charge in [0.1, 0.15) is 0 Å². The zero-order chi connectivity index (χ0) is 13.4. The van der Waals surface area contributed by atoms with E-state index in [0.717, 1.165) is 24.1 Å². The molecule has 0 aliphatic heterocycles. The quantitative estimate of drug-likeness (QED) is 0.791. The summed E-state index contributed by atoms with van der Waals surface area (Å²) in [5.74, 6) is 0. The Kier molecular flexibility index (Phi) is 6.22. The molecule has 0 spiro atoms. The largest absolute Gasteiger partial charge is 0.449 e. The average molecular weight is 251 g/mol. The van der Waals surface area contributed by atoms with E-state index in [1.807, 2.05) is 19.1 Å². The molecule has 0 saturated carbocycles. The second-order valence-electron chi connectivity index (χ2n) is 4.04. The van der Waals surface area contributed by atoms with Gasteiger partial charge in [-0.15, -0.1) is 0 Å². The van der Waals surface area contributed by atoms with Gasteiger partial charge in [0.05, 0.1) is 13.2 Å². The molecule has 1 aromatic rings. The van der Waals surface area contributed by atoms with Crippen molar-refractivity contribution in [2.24, 2.45) is 0 Å². The molecule has 100 valence electrons. The van der Waals surface area contributed by atoms with Gasteiger partial charge in [0, 0.05) is 12.2 Å². The highest BCUT2D eigenvalue weighted by atomic mass is 16.6. The van der Waals surface area contributed by atoms with E-state index in [1.165, 1.54) is 0 Å². The van der Waals surface area contributed by atoms with Crippen LogP contribution in [0.5, 0.6) is 0 Å². The molecule has 0 radical (unpaired) electrons. The van der Waals surface area contributed by atoms with E-state index in [0.29, 0.717) is 13.2 Å². The van der Waals surface area contributed by atoms with Crippen molar-refractivity contribution in [1.29, 1.82) is 0 Å². The van der Waals surface area contributed by atoms with E-state index in [-0.39, 0.29) is 12.7 Å². The monoisotopic (exact) mass is 251 g/mol. The predicted molar refractivity (Wildman–Crippen MR) is 71.6 cm³/mol. The molecule has 0 heterocycles. The van der Waals surface area contributed by atoms with Crippen LogP contribution < -0.4 is 4.90 Å². The van der Waals surface area contributed by atoms with Crippen LogP contribution in [0.4, 0.5) is 10.5 Å². The molecule has 1 rings (SSSR count). The number of ether oxygens (including phenoxy) is 1. The molecule has 0 aliphatic carbocycles. The van der Waals surface area contributed by atoms with E-state index < -0.39 is 0 Å². The molecular weight excluding hydrogens is 230 g/mol. The highest BCUT2D eigenvalue weighted by Crippen LogP contribution is 2.16. The van der Waals surface area contributed by atoms with Crippen LogP contribution in [0.15, 0.2) is 24.3 Å². The lowest BCUT2D eigenvalue weighted by atomic mass is 10.2. The first-order valence-corrected chi connectivity index (χ1v) is 6.37. The van der Waals surface area contributed by atoms with Gasteiger partial charge >= 0.3 is 6.09 Å². The molecule has 1 aromatic carbocycles. The van der Waals surface area contributed by atoms with Gasteiger partial charge in [0.15, 0.2) is 0 Å². The van der Waals surface area contributed by atoms with E-state index >= 15 is 0 Å². The molecule has 18 heavy (non-hydrogen) atoms. The van der Waals surface area contributed by atoms with Gasteiger partial charge in [-0.3, -0.25) is 4.90 Å². The molecule has 0 bridgehead atoms. The number of aliphatic hydroxyl groups excluding tert-OH is 1. The Morgan fingerprint density at radius 1 is 1.28 bits per heavy atom. The summed E-state index contributed by atoms with van der Waals surface area (Å²) in [5.41, 5.74) is 1.62. The summed E-state index contributed by atoms with van der Waals surface area (Å²) < 4.78 is 5.18. The van der Waals surface area contributed by atoms with Gasteiger partial charge in [-0.2, -0.15) is 0 Å². The topological polar surface area (TPSA) is 49.8 Å². The molecule has 0 fully saturated rings. The third-order valence-corrected chi connectivity index (χ3v) is 2.69. The summed E-state index contributed by atoms with van der Waals surface area (Å²) in [4.78, 5) is 13.4. The highest BCUT2D eigenvalue weighted by Gasteiger charge is 2.14. The molecule has 4 nitrogen and oxygen atoms in total.